The minimum absolute atomic E-state index is 0.131. The van der Waals surface area contributed by atoms with E-state index in [9.17, 15) is 18.0 Å². The summed E-state index contributed by atoms with van der Waals surface area (Å²) in [5, 5.41) is 4.53. The lowest BCUT2D eigenvalue weighted by atomic mass is 10.1. The van der Waals surface area contributed by atoms with E-state index in [4.69, 9.17) is 0 Å². The molecule has 0 radical (unpaired) electrons. The van der Waals surface area contributed by atoms with Crippen LogP contribution in [0.4, 0.5) is 5.69 Å². The van der Waals surface area contributed by atoms with Crippen LogP contribution in [0.5, 0.6) is 0 Å². The summed E-state index contributed by atoms with van der Waals surface area (Å²) in [5.41, 5.74) is 2.68. The van der Waals surface area contributed by atoms with E-state index >= 15 is 0 Å². The highest BCUT2D eigenvalue weighted by Crippen LogP contribution is 2.42. The Kier molecular flexibility index (Phi) is 7.87. The number of amides is 2. The second kappa shape index (κ2) is 10.9. The molecule has 0 fully saturated rings. The molecule has 7 nitrogen and oxygen atoms in total. The van der Waals surface area contributed by atoms with Crippen LogP contribution in [0.2, 0.25) is 0 Å². The summed E-state index contributed by atoms with van der Waals surface area (Å²) in [5.74, 6) is -0.0759. The van der Waals surface area contributed by atoms with E-state index in [0.717, 1.165) is 21.9 Å². The van der Waals surface area contributed by atoms with Gasteiger partial charge in [-0.15, -0.1) is 0 Å². The Morgan fingerprint density at radius 1 is 1.00 bits per heavy atom. The van der Waals surface area contributed by atoms with Crippen LogP contribution in [0.15, 0.2) is 65.6 Å². The minimum Gasteiger partial charge on any atom is -0.354 e. The van der Waals surface area contributed by atoms with E-state index in [1.54, 1.807) is 24.0 Å². The molecule has 1 N–H and O–H groups in total. The highest BCUT2D eigenvalue weighted by atomic mass is 32.2. The molecule has 3 aromatic rings. The molecule has 1 aliphatic heterocycles. The van der Waals surface area contributed by atoms with Gasteiger partial charge in [-0.1, -0.05) is 67.9 Å². The van der Waals surface area contributed by atoms with Crippen molar-refractivity contribution in [1.29, 1.82) is 0 Å². The molecular weight excluding hydrogens is 486 g/mol. The number of anilines is 1. The third kappa shape index (κ3) is 5.64. The number of rotatable bonds is 10. The minimum atomic E-state index is -3.67. The monoisotopic (exact) mass is 521 g/mol. The van der Waals surface area contributed by atoms with E-state index in [2.05, 4.69) is 5.32 Å². The maximum atomic E-state index is 13.4. The van der Waals surface area contributed by atoms with Gasteiger partial charge in [-0.05, 0) is 49.3 Å². The standard InChI is InChI=1S/C29H35N3O4S/c1-20(2)18-30-29(34)22(4)31(19-23-10-5-9-21(3)17-23)27(33)15-8-16-32-25-13-6-11-24-12-7-14-26(28(24)25)37(32,35)36/h5-7,9-14,17,20,22H,8,15-16,18-19H2,1-4H3,(H,30,34). The lowest BCUT2D eigenvalue weighted by Gasteiger charge is -2.29. The molecule has 3 aromatic carbocycles. The largest absolute Gasteiger partial charge is 0.354 e. The van der Waals surface area contributed by atoms with Crippen LogP contribution in [-0.2, 0) is 26.2 Å². The van der Waals surface area contributed by atoms with Crippen LogP contribution in [0.1, 0.15) is 44.7 Å². The molecule has 0 saturated carbocycles. The maximum absolute atomic E-state index is 13.4. The van der Waals surface area contributed by atoms with E-state index in [1.165, 1.54) is 4.31 Å². The normalized spacial score (nSPS) is 14.7. The van der Waals surface area contributed by atoms with Crippen LogP contribution in [-0.4, -0.2) is 44.3 Å². The van der Waals surface area contributed by atoms with Gasteiger partial charge in [0.25, 0.3) is 10.0 Å². The van der Waals surface area contributed by atoms with Gasteiger partial charge in [0.2, 0.25) is 11.8 Å². The number of sulfonamides is 1. The van der Waals surface area contributed by atoms with Gasteiger partial charge in [-0.3, -0.25) is 13.9 Å². The van der Waals surface area contributed by atoms with Crippen molar-refractivity contribution in [2.45, 2.75) is 58.0 Å². The molecule has 0 saturated heterocycles. The van der Waals surface area contributed by atoms with Crippen molar-refractivity contribution in [3.05, 3.63) is 71.8 Å². The van der Waals surface area contributed by atoms with Crippen molar-refractivity contribution in [1.82, 2.24) is 10.2 Å². The molecule has 1 aliphatic rings. The average molecular weight is 522 g/mol. The van der Waals surface area contributed by atoms with Crippen molar-refractivity contribution in [3.63, 3.8) is 0 Å². The van der Waals surface area contributed by atoms with Gasteiger partial charge in [0.15, 0.2) is 0 Å². The Balaban J connectivity index is 1.49. The van der Waals surface area contributed by atoms with Crippen molar-refractivity contribution >= 4 is 38.3 Å². The van der Waals surface area contributed by atoms with Gasteiger partial charge in [0.05, 0.1) is 10.6 Å². The summed E-state index contributed by atoms with van der Waals surface area (Å²) in [6.45, 7) is 8.80. The van der Waals surface area contributed by atoms with Gasteiger partial charge in [0.1, 0.15) is 6.04 Å². The molecule has 1 unspecified atom stereocenters. The highest BCUT2D eigenvalue weighted by molar-refractivity contribution is 7.93. The summed E-state index contributed by atoms with van der Waals surface area (Å²) in [7, 11) is -3.67. The van der Waals surface area contributed by atoms with Crippen molar-refractivity contribution < 1.29 is 18.0 Å². The van der Waals surface area contributed by atoms with Crippen LogP contribution >= 0.6 is 0 Å². The molecule has 4 rings (SSSR count). The van der Waals surface area contributed by atoms with E-state index < -0.39 is 16.1 Å². The smallest absolute Gasteiger partial charge is 0.265 e. The predicted octanol–water partition coefficient (Wildman–Crippen LogP) is 4.63. The predicted molar refractivity (Wildman–Crippen MR) is 147 cm³/mol. The number of aryl methyl sites for hydroxylation is 1. The quantitative estimate of drug-likeness (QED) is 0.422. The number of carbonyl (C=O) groups is 2. The zero-order chi connectivity index (χ0) is 26.7. The lowest BCUT2D eigenvalue weighted by Crippen LogP contribution is -2.48. The van der Waals surface area contributed by atoms with Gasteiger partial charge in [0, 0.05) is 31.4 Å². The Morgan fingerprint density at radius 3 is 2.41 bits per heavy atom. The first kappa shape index (κ1) is 26.7. The van der Waals surface area contributed by atoms with Crippen LogP contribution < -0.4 is 9.62 Å². The Bertz CT molecular complexity index is 1410. The molecule has 0 aliphatic carbocycles. The van der Waals surface area contributed by atoms with Gasteiger partial charge < -0.3 is 10.2 Å². The molecule has 2 amide bonds. The third-order valence-electron chi connectivity index (χ3n) is 6.72. The zero-order valence-corrected chi connectivity index (χ0v) is 22.7. The second-order valence-electron chi connectivity index (χ2n) is 10.1. The van der Waals surface area contributed by atoms with Crippen LogP contribution in [0.25, 0.3) is 10.8 Å². The number of hydrogen-bond donors (Lipinski definition) is 1. The number of hydrogen-bond acceptors (Lipinski definition) is 4. The first-order valence-corrected chi connectivity index (χ1v) is 14.2. The van der Waals surface area contributed by atoms with Crippen LogP contribution in [0.3, 0.4) is 0 Å². The number of carbonyl (C=O) groups excluding carboxylic acids is 2. The maximum Gasteiger partial charge on any atom is 0.265 e. The summed E-state index contributed by atoms with van der Waals surface area (Å²) in [6, 6.07) is 18.1. The van der Waals surface area contributed by atoms with Gasteiger partial charge >= 0.3 is 0 Å². The third-order valence-corrected chi connectivity index (χ3v) is 8.58. The van der Waals surface area contributed by atoms with Crippen molar-refractivity contribution in [2.24, 2.45) is 5.92 Å². The molecule has 8 heteroatoms. The van der Waals surface area contributed by atoms with Crippen molar-refractivity contribution in [3.8, 4) is 0 Å². The summed E-state index contributed by atoms with van der Waals surface area (Å²) >= 11 is 0. The van der Waals surface area contributed by atoms with Gasteiger partial charge in [-0.2, -0.15) is 0 Å². The summed E-state index contributed by atoms with van der Waals surface area (Å²) in [4.78, 5) is 28.2. The molecule has 196 valence electrons. The number of nitrogens with zero attached hydrogens (tertiary/aromatic N) is 2. The highest BCUT2D eigenvalue weighted by Gasteiger charge is 2.35. The average Bonchev–Trinajstić information content (AvgIpc) is 3.08. The molecule has 1 heterocycles. The molecule has 1 atom stereocenters. The summed E-state index contributed by atoms with van der Waals surface area (Å²) < 4.78 is 27.9. The Hall–Kier alpha value is -3.39. The Labute approximate surface area is 219 Å². The number of benzene rings is 3. The topological polar surface area (TPSA) is 86.8 Å². The first-order chi connectivity index (χ1) is 17.6. The summed E-state index contributed by atoms with van der Waals surface area (Å²) in [6.07, 6.45) is 0.471. The lowest BCUT2D eigenvalue weighted by molar-refractivity contribution is -0.140. The molecular formula is C29H35N3O4S. The fourth-order valence-electron chi connectivity index (χ4n) is 4.76. The molecule has 0 bridgehead atoms. The first-order valence-electron chi connectivity index (χ1n) is 12.8. The van der Waals surface area contributed by atoms with E-state index in [-0.39, 0.29) is 24.8 Å². The molecule has 37 heavy (non-hydrogen) atoms. The molecule has 0 spiro atoms. The Morgan fingerprint density at radius 2 is 1.70 bits per heavy atom. The zero-order valence-electron chi connectivity index (χ0n) is 21.9. The number of nitrogens with one attached hydrogen (secondary N) is 1. The molecule has 0 aromatic heterocycles. The fraction of sp³-hybridized carbons (Fsp3) is 0.379. The second-order valence-corrected chi connectivity index (χ2v) is 12.0. The fourth-order valence-corrected chi connectivity index (χ4v) is 6.51. The van der Waals surface area contributed by atoms with E-state index in [0.29, 0.717) is 36.0 Å². The SMILES string of the molecule is Cc1cccc(CN(C(=O)CCCN2c3cccc4cccc(c34)S2(=O)=O)C(C)C(=O)NCC(C)C)c1. The van der Waals surface area contributed by atoms with Gasteiger partial charge in [-0.25, -0.2) is 8.42 Å². The van der Waals surface area contributed by atoms with Crippen LogP contribution in [0, 0.1) is 12.8 Å². The van der Waals surface area contributed by atoms with E-state index in [1.807, 2.05) is 69.3 Å². The van der Waals surface area contributed by atoms with Crippen molar-refractivity contribution in [2.75, 3.05) is 17.4 Å².